The molecule has 2 aromatic heterocycles. The molecule has 0 saturated carbocycles. The van der Waals surface area contributed by atoms with Gasteiger partial charge in [-0.1, -0.05) is 0 Å². The Morgan fingerprint density at radius 1 is 1.55 bits per heavy atom. The maximum Gasteiger partial charge on any atom is 0.160 e. The number of imidazole rings is 1. The zero-order valence-electron chi connectivity index (χ0n) is 12.1. The van der Waals surface area contributed by atoms with Gasteiger partial charge in [0.05, 0.1) is 11.5 Å². The molecule has 0 N–H and O–H groups in total. The lowest BCUT2D eigenvalue weighted by Crippen LogP contribution is -2.19. The van der Waals surface area contributed by atoms with Gasteiger partial charge in [0.1, 0.15) is 11.3 Å². The van der Waals surface area contributed by atoms with Crippen LogP contribution in [-0.4, -0.2) is 27.2 Å². The summed E-state index contributed by atoms with van der Waals surface area (Å²) >= 11 is 6.30. The van der Waals surface area contributed by atoms with E-state index in [2.05, 4.69) is 27.5 Å². The number of fused-ring (bicyclic) bond motifs is 1. The fraction of sp³-hybridized carbons (Fsp3) is 0.600. The highest BCUT2D eigenvalue weighted by Gasteiger charge is 2.27. The molecule has 3 heterocycles. The highest BCUT2D eigenvalue weighted by atomic mass is 35.5. The van der Waals surface area contributed by atoms with Crippen molar-refractivity contribution in [3.63, 3.8) is 0 Å². The average molecular weight is 294 g/mol. The normalized spacial score (nSPS) is 24.4. The minimum atomic E-state index is -0.123. The molecule has 0 bridgehead atoms. The summed E-state index contributed by atoms with van der Waals surface area (Å²) in [6.45, 7) is 7.85. The number of aromatic nitrogens is 3. The molecule has 0 radical (unpaired) electrons. The predicted molar refractivity (Wildman–Crippen MR) is 80.1 cm³/mol. The van der Waals surface area contributed by atoms with Crippen LogP contribution in [0.2, 0.25) is 0 Å². The molecule has 108 valence electrons. The molecule has 0 aromatic carbocycles. The number of ether oxygens (including phenoxy) is 1. The smallest absolute Gasteiger partial charge is 0.160 e. The Morgan fingerprint density at radius 2 is 2.35 bits per heavy atom. The van der Waals surface area contributed by atoms with Gasteiger partial charge in [-0.3, -0.25) is 0 Å². The van der Waals surface area contributed by atoms with Crippen LogP contribution >= 0.6 is 11.6 Å². The van der Waals surface area contributed by atoms with E-state index in [4.69, 9.17) is 16.3 Å². The Labute approximate surface area is 124 Å². The third-order valence-corrected chi connectivity index (χ3v) is 4.25. The van der Waals surface area contributed by atoms with Crippen LogP contribution in [0.25, 0.3) is 11.2 Å². The van der Waals surface area contributed by atoms with Crippen LogP contribution in [-0.2, 0) is 11.3 Å². The van der Waals surface area contributed by atoms with Crippen LogP contribution in [0.5, 0.6) is 0 Å². The first kappa shape index (κ1) is 13.8. The lowest BCUT2D eigenvalue weighted by Gasteiger charge is -2.17. The number of rotatable bonds is 3. The van der Waals surface area contributed by atoms with Crippen molar-refractivity contribution < 1.29 is 4.74 Å². The number of alkyl halides is 1. The molecule has 0 spiro atoms. The molecular formula is C15H20ClN3O. The Morgan fingerprint density at radius 3 is 3.00 bits per heavy atom. The van der Waals surface area contributed by atoms with Crippen LogP contribution in [0.15, 0.2) is 12.3 Å². The Balaban J connectivity index is 2.04. The fourth-order valence-electron chi connectivity index (χ4n) is 2.86. The zero-order chi connectivity index (χ0) is 14.3. The van der Waals surface area contributed by atoms with E-state index in [1.54, 1.807) is 0 Å². The molecular weight excluding hydrogens is 274 g/mol. The lowest BCUT2D eigenvalue weighted by atomic mass is 10.0. The van der Waals surface area contributed by atoms with Crippen LogP contribution in [0.3, 0.4) is 0 Å². The summed E-state index contributed by atoms with van der Waals surface area (Å²) in [7, 11) is 0. The highest BCUT2D eigenvalue weighted by molar-refractivity contribution is 6.20. The lowest BCUT2D eigenvalue weighted by molar-refractivity contribution is 0.102. The molecule has 1 aliphatic rings. The second-order valence-corrected chi connectivity index (χ2v) is 6.33. The number of hydrogen-bond donors (Lipinski definition) is 0. The van der Waals surface area contributed by atoms with Crippen molar-refractivity contribution >= 4 is 22.8 Å². The van der Waals surface area contributed by atoms with Gasteiger partial charge in [-0.15, -0.1) is 11.6 Å². The number of nitrogens with zero attached hydrogens (tertiary/aromatic N) is 3. The first-order valence-corrected chi connectivity index (χ1v) is 7.58. The molecule has 5 heteroatoms. The standard InChI is InChI=1S/C15H20ClN3O/c1-9-6-13-15(17-7-9)19(14(18-13)10(2)16)8-12-4-5-20-11(12)3/h6-7,10-12H,4-5,8H2,1-3H3. The first-order chi connectivity index (χ1) is 9.56. The van der Waals surface area contributed by atoms with E-state index in [0.717, 1.165) is 42.1 Å². The van der Waals surface area contributed by atoms with E-state index in [0.29, 0.717) is 5.92 Å². The SMILES string of the molecule is Cc1cnc2c(c1)nc(C(C)Cl)n2CC1CCOC1C. The van der Waals surface area contributed by atoms with Crippen molar-refractivity contribution in [2.24, 2.45) is 5.92 Å². The summed E-state index contributed by atoms with van der Waals surface area (Å²) in [5.74, 6) is 1.41. The number of aryl methyl sites for hydroxylation is 1. The molecule has 3 unspecified atom stereocenters. The van der Waals surface area contributed by atoms with Crippen LogP contribution in [0.1, 0.15) is 37.0 Å². The Kier molecular flexibility index (Phi) is 3.69. The number of hydrogen-bond acceptors (Lipinski definition) is 3. The Hall–Kier alpha value is -1.13. The molecule has 3 atom stereocenters. The molecule has 1 aliphatic heterocycles. The number of halogens is 1. The second kappa shape index (κ2) is 5.34. The summed E-state index contributed by atoms with van der Waals surface area (Å²) in [5, 5.41) is -0.123. The summed E-state index contributed by atoms with van der Waals surface area (Å²) in [4.78, 5) is 9.22. The van der Waals surface area contributed by atoms with Crippen molar-refractivity contribution in [3.8, 4) is 0 Å². The largest absolute Gasteiger partial charge is 0.378 e. The summed E-state index contributed by atoms with van der Waals surface area (Å²) in [6.07, 6.45) is 3.26. The van der Waals surface area contributed by atoms with Gasteiger partial charge in [-0.2, -0.15) is 0 Å². The summed E-state index contributed by atoms with van der Waals surface area (Å²) < 4.78 is 7.83. The molecule has 4 nitrogen and oxygen atoms in total. The topological polar surface area (TPSA) is 39.9 Å². The summed E-state index contributed by atoms with van der Waals surface area (Å²) in [6, 6.07) is 2.07. The minimum Gasteiger partial charge on any atom is -0.378 e. The maximum atomic E-state index is 6.30. The van der Waals surface area contributed by atoms with Crippen LogP contribution in [0.4, 0.5) is 0 Å². The third-order valence-electron chi connectivity index (χ3n) is 4.06. The van der Waals surface area contributed by atoms with E-state index < -0.39 is 0 Å². The van der Waals surface area contributed by atoms with Gasteiger partial charge in [0.25, 0.3) is 0 Å². The molecule has 20 heavy (non-hydrogen) atoms. The van der Waals surface area contributed by atoms with E-state index >= 15 is 0 Å². The van der Waals surface area contributed by atoms with E-state index in [1.165, 1.54) is 0 Å². The molecule has 3 rings (SSSR count). The van der Waals surface area contributed by atoms with Crippen molar-refractivity contribution in [3.05, 3.63) is 23.7 Å². The van der Waals surface area contributed by atoms with Crippen molar-refractivity contribution in [2.75, 3.05) is 6.61 Å². The quantitative estimate of drug-likeness (QED) is 0.814. The van der Waals surface area contributed by atoms with Gasteiger partial charge in [0.15, 0.2) is 5.65 Å². The molecule has 2 aromatic rings. The van der Waals surface area contributed by atoms with Gasteiger partial charge in [0, 0.05) is 25.3 Å². The highest BCUT2D eigenvalue weighted by Crippen LogP contribution is 2.28. The van der Waals surface area contributed by atoms with Gasteiger partial charge >= 0.3 is 0 Å². The minimum absolute atomic E-state index is 0.123. The molecule has 1 saturated heterocycles. The molecule has 0 aliphatic carbocycles. The monoisotopic (exact) mass is 293 g/mol. The average Bonchev–Trinajstić information content (AvgIpc) is 2.95. The third kappa shape index (κ3) is 2.42. The number of pyridine rings is 1. The van der Waals surface area contributed by atoms with Gasteiger partial charge in [0.2, 0.25) is 0 Å². The van der Waals surface area contributed by atoms with E-state index in [1.807, 2.05) is 20.0 Å². The van der Waals surface area contributed by atoms with Gasteiger partial charge in [-0.05, 0) is 38.8 Å². The van der Waals surface area contributed by atoms with E-state index in [-0.39, 0.29) is 11.5 Å². The predicted octanol–water partition coefficient (Wildman–Crippen LogP) is 3.46. The molecule has 0 amide bonds. The fourth-order valence-corrected chi connectivity index (χ4v) is 3.03. The van der Waals surface area contributed by atoms with Crippen LogP contribution in [0, 0.1) is 12.8 Å². The first-order valence-electron chi connectivity index (χ1n) is 7.14. The van der Waals surface area contributed by atoms with Crippen molar-refractivity contribution in [1.29, 1.82) is 0 Å². The second-order valence-electron chi connectivity index (χ2n) is 5.68. The summed E-state index contributed by atoms with van der Waals surface area (Å²) in [5.41, 5.74) is 2.98. The van der Waals surface area contributed by atoms with E-state index in [9.17, 15) is 0 Å². The zero-order valence-corrected chi connectivity index (χ0v) is 12.9. The van der Waals surface area contributed by atoms with Crippen LogP contribution < -0.4 is 0 Å². The van der Waals surface area contributed by atoms with Gasteiger partial charge < -0.3 is 9.30 Å². The maximum absolute atomic E-state index is 6.30. The Bertz CT molecular complexity index is 623. The van der Waals surface area contributed by atoms with Gasteiger partial charge in [-0.25, -0.2) is 9.97 Å². The van der Waals surface area contributed by atoms with Crippen molar-refractivity contribution in [1.82, 2.24) is 14.5 Å². The molecule has 1 fully saturated rings. The van der Waals surface area contributed by atoms with Crippen molar-refractivity contribution in [2.45, 2.75) is 45.2 Å².